The molecule has 0 unspecified atom stereocenters. The molecule has 2 atom stereocenters. The smallest absolute Gasteiger partial charge is 0.224 e. The van der Waals surface area contributed by atoms with E-state index in [4.69, 9.17) is 0 Å². The Hall–Kier alpha value is -2.65. The van der Waals surface area contributed by atoms with Crippen LogP contribution in [0.3, 0.4) is 0 Å². The molecule has 3 rings (SSSR count). The average molecular weight is 365 g/mol. The Kier molecular flexibility index (Phi) is 5.62. The molecule has 1 heterocycles. The topological polar surface area (TPSA) is 93.9 Å². The molecule has 0 radical (unpaired) electrons. The minimum atomic E-state index is -0.0365. The summed E-state index contributed by atoms with van der Waals surface area (Å²) in [5.74, 6) is 1.34. The van der Waals surface area contributed by atoms with Crippen molar-refractivity contribution in [1.82, 2.24) is 9.97 Å². The van der Waals surface area contributed by atoms with Gasteiger partial charge in [0.15, 0.2) is 0 Å². The fraction of sp³-hybridized carbons (Fsp3) is 0.476. The average Bonchev–Trinajstić information content (AvgIpc) is 2.65. The molecule has 1 aromatic heterocycles. The van der Waals surface area contributed by atoms with Gasteiger partial charge in [0.1, 0.15) is 17.5 Å². The Morgan fingerprint density at radius 3 is 2.85 bits per heavy atom. The summed E-state index contributed by atoms with van der Waals surface area (Å²) in [6.07, 6.45) is 3.30. The van der Waals surface area contributed by atoms with Gasteiger partial charge in [-0.2, -0.15) is 10.2 Å². The van der Waals surface area contributed by atoms with E-state index in [0.717, 1.165) is 19.4 Å². The van der Waals surface area contributed by atoms with Crippen molar-refractivity contribution in [2.45, 2.75) is 39.7 Å². The van der Waals surface area contributed by atoms with Gasteiger partial charge < -0.3 is 15.7 Å². The fourth-order valence-corrected chi connectivity index (χ4v) is 3.58. The molecule has 2 aromatic rings. The third-order valence-corrected chi connectivity index (χ3v) is 5.69. The highest BCUT2D eigenvalue weighted by molar-refractivity contribution is 5.54. The number of nitrogens with one attached hydrogen (secondary N) is 2. The fourth-order valence-electron chi connectivity index (χ4n) is 3.58. The van der Waals surface area contributed by atoms with E-state index in [-0.39, 0.29) is 24.0 Å². The van der Waals surface area contributed by atoms with Gasteiger partial charge >= 0.3 is 0 Å². The van der Waals surface area contributed by atoms with Crippen LogP contribution in [0.5, 0.6) is 0 Å². The largest absolute Gasteiger partial charge is 0.396 e. The van der Waals surface area contributed by atoms with Crippen LogP contribution in [0.25, 0.3) is 0 Å². The number of anilines is 2. The molecular weight excluding hydrogens is 338 g/mol. The monoisotopic (exact) mass is 365 g/mol. The van der Waals surface area contributed by atoms with Crippen LogP contribution in [0.2, 0.25) is 0 Å². The van der Waals surface area contributed by atoms with E-state index in [1.165, 1.54) is 11.1 Å². The van der Waals surface area contributed by atoms with Crippen molar-refractivity contribution in [3.63, 3.8) is 0 Å². The lowest BCUT2D eigenvalue weighted by molar-refractivity contribution is 0.00449. The van der Waals surface area contributed by atoms with Crippen molar-refractivity contribution in [1.29, 1.82) is 5.26 Å². The maximum atomic E-state index is 9.44. The van der Waals surface area contributed by atoms with Gasteiger partial charge in [-0.1, -0.05) is 43.7 Å². The van der Waals surface area contributed by atoms with E-state index in [2.05, 4.69) is 71.7 Å². The standard InChI is InChI=1S/C21H27N5O/c1-14-5-4-6-15(9-14)7-8-23-20-24-12-16(11-22)19(26-20)25-18-10-17(13-27)21(18,2)3/h4-6,9,12,17-18,27H,7-8,10,13H2,1-3H3,(H2,23,24,25,26)/t17-,18-/m0/s1. The summed E-state index contributed by atoms with van der Waals surface area (Å²) in [6.45, 7) is 7.25. The minimum absolute atomic E-state index is 0.0365. The highest BCUT2D eigenvalue weighted by Gasteiger charge is 2.47. The summed E-state index contributed by atoms with van der Waals surface area (Å²) in [6, 6.07) is 10.8. The number of hydrogen-bond donors (Lipinski definition) is 3. The van der Waals surface area contributed by atoms with Crippen molar-refractivity contribution in [3.8, 4) is 6.07 Å². The first-order valence-electron chi connectivity index (χ1n) is 9.38. The zero-order valence-electron chi connectivity index (χ0n) is 16.2. The first-order valence-corrected chi connectivity index (χ1v) is 9.38. The quantitative estimate of drug-likeness (QED) is 0.698. The van der Waals surface area contributed by atoms with E-state index in [1.54, 1.807) is 6.20 Å². The molecule has 1 fully saturated rings. The highest BCUT2D eigenvalue weighted by Crippen LogP contribution is 2.47. The Bertz CT molecular complexity index is 843. The first kappa shape index (κ1) is 19.1. The van der Waals surface area contributed by atoms with Crippen LogP contribution in [0.1, 0.15) is 37.0 Å². The molecule has 0 aliphatic heterocycles. The molecule has 6 heteroatoms. The molecule has 0 spiro atoms. The number of nitriles is 1. The zero-order valence-corrected chi connectivity index (χ0v) is 16.2. The lowest BCUT2D eigenvalue weighted by atomic mass is 9.59. The van der Waals surface area contributed by atoms with Crippen LogP contribution in [0.15, 0.2) is 30.5 Å². The molecule has 6 nitrogen and oxygen atoms in total. The third-order valence-electron chi connectivity index (χ3n) is 5.69. The molecule has 1 aliphatic rings. The number of aliphatic hydroxyl groups excluding tert-OH is 1. The predicted molar refractivity (Wildman–Crippen MR) is 107 cm³/mol. The second-order valence-electron chi connectivity index (χ2n) is 7.87. The molecule has 1 aromatic carbocycles. The SMILES string of the molecule is Cc1cccc(CCNc2ncc(C#N)c(N[C@H]3C[C@@H](CO)C3(C)C)n2)c1. The van der Waals surface area contributed by atoms with Crippen LogP contribution in [0.4, 0.5) is 11.8 Å². The number of benzene rings is 1. The van der Waals surface area contributed by atoms with Crippen molar-refractivity contribution in [3.05, 3.63) is 47.2 Å². The van der Waals surface area contributed by atoms with E-state index in [1.807, 2.05) is 0 Å². The third kappa shape index (κ3) is 4.20. The Morgan fingerprint density at radius 2 is 2.19 bits per heavy atom. The van der Waals surface area contributed by atoms with Crippen molar-refractivity contribution in [2.24, 2.45) is 11.3 Å². The Morgan fingerprint density at radius 1 is 1.37 bits per heavy atom. The van der Waals surface area contributed by atoms with Gasteiger partial charge in [-0.25, -0.2) is 4.98 Å². The van der Waals surface area contributed by atoms with E-state index >= 15 is 0 Å². The van der Waals surface area contributed by atoms with Gasteiger partial charge in [-0.3, -0.25) is 0 Å². The molecule has 142 valence electrons. The van der Waals surface area contributed by atoms with Gasteiger partial charge in [0.25, 0.3) is 0 Å². The molecule has 1 aliphatic carbocycles. The number of hydrogen-bond acceptors (Lipinski definition) is 6. The number of aryl methyl sites for hydroxylation is 1. The summed E-state index contributed by atoms with van der Waals surface area (Å²) in [5, 5.41) is 25.4. The maximum absolute atomic E-state index is 9.44. The number of nitrogens with zero attached hydrogens (tertiary/aromatic N) is 3. The van der Waals surface area contributed by atoms with E-state index < -0.39 is 0 Å². The van der Waals surface area contributed by atoms with Crippen LogP contribution in [-0.2, 0) is 6.42 Å². The summed E-state index contributed by atoms with van der Waals surface area (Å²) < 4.78 is 0. The Labute approximate surface area is 160 Å². The lowest BCUT2D eigenvalue weighted by Gasteiger charge is -2.52. The van der Waals surface area contributed by atoms with Crippen molar-refractivity contribution < 1.29 is 5.11 Å². The number of aliphatic hydroxyl groups is 1. The second kappa shape index (κ2) is 7.93. The molecule has 1 saturated carbocycles. The van der Waals surface area contributed by atoms with E-state index in [0.29, 0.717) is 17.3 Å². The lowest BCUT2D eigenvalue weighted by Crippen LogP contribution is -2.54. The predicted octanol–water partition coefficient (Wildman–Crippen LogP) is 3.13. The van der Waals surface area contributed by atoms with Crippen LogP contribution in [-0.4, -0.2) is 34.3 Å². The van der Waals surface area contributed by atoms with Gasteiger partial charge in [-0.15, -0.1) is 0 Å². The number of rotatable bonds is 7. The molecular formula is C21H27N5O. The summed E-state index contributed by atoms with van der Waals surface area (Å²) in [4.78, 5) is 8.76. The molecule has 27 heavy (non-hydrogen) atoms. The van der Waals surface area contributed by atoms with Crippen LogP contribution < -0.4 is 10.6 Å². The molecule has 0 amide bonds. The van der Waals surface area contributed by atoms with Gasteiger partial charge in [0.05, 0.1) is 6.20 Å². The molecule has 3 N–H and O–H groups in total. The second-order valence-corrected chi connectivity index (χ2v) is 7.87. The summed E-state index contributed by atoms with van der Waals surface area (Å²) in [5.41, 5.74) is 2.91. The van der Waals surface area contributed by atoms with Crippen LogP contribution >= 0.6 is 0 Å². The summed E-state index contributed by atoms with van der Waals surface area (Å²) in [7, 11) is 0. The van der Waals surface area contributed by atoms with E-state index in [9.17, 15) is 10.4 Å². The number of aromatic nitrogens is 2. The van der Waals surface area contributed by atoms with Crippen molar-refractivity contribution >= 4 is 11.8 Å². The normalized spacial score (nSPS) is 20.4. The molecule has 0 bridgehead atoms. The highest BCUT2D eigenvalue weighted by atomic mass is 16.3. The van der Waals surface area contributed by atoms with Crippen molar-refractivity contribution in [2.75, 3.05) is 23.8 Å². The first-order chi connectivity index (χ1) is 12.9. The summed E-state index contributed by atoms with van der Waals surface area (Å²) >= 11 is 0. The van der Waals surface area contributed by atoms with Gasteiger partial charge in [0, 0.05) is 19.2 Å². The maximum Gasteiger partial charge on any atom is 0.224 e. The Balaban J connectivity index is 1.64. The van der Waals surface area contributed by atoms with Crippen LogP contribution in [0, 0.1) is 29.6 Å². The zero-order chi connectivity index (χ0) is 19.4. The minimum Gasteiger partial charge on any atom is -0.396 e. The van der Waals surface area contributed by atoms with Gasteiger partial charge in [0.2, 0.25) is 5.95 Å². The van der Waals surface area contributed by atoms with Gasteiger partial charge in [-0.05, 0) is 36.7 Å². The molecule has 0 saturated heterocycles.